The quantitative estimate of drug-likeness (QED) is 0.837. The summed E-state index contributed by atoms with van der Waals surface area (Å²) >= 11 is 3.47. The highest BCUT2D eigenvalue weighted by molar-refractivity contribution is 9.10. The van der Waals surface area contributed by atoms with Crippen LogP contribution >= 0.6 is 15.9 Å². The van der Waals surface area contributed by atoms with Gasteiger partial charge in [-0.15, -0.1) is 0 Å². The summed E-state index contributed by atoms with van der Waals surface area (Å²) in [6.45, 7) is 4.82. The minimum absolute atomic E-state index is 0.687. The van der Waals surface area contributed by atoms with Gasteiger partial charge in [-0.2, -0.15) is 0 Å². The fourth-order valence-corrected chi connectivity index (χ4v) is 2.77. The highest BCUT2D eigenvalue weighted by atomic mass is 79.9. The molecule has 0 saturated carbocycles. The summed E-state index contributed by atoms with van der Waals surface area (Å²) in [6, 6.07) is 15.0. The van der Waals surface area contributed by atoms with E-state index in [-0.39, 0.29) is 0 Å². The van der Waals surface area contributed by atoms with Crippen LogP contribution in [-0.2, 0) is 13.0 Å². The van der Waals surface area contributed by atoms with Crippen molar-refractivity contribution in [1.82, 2.24) is 4.90 Å². The Balaban J connectivity index is 1.61. The second kappa shape index (κ2) is 5.98. The molecule has 0 fully saturated rings. The molecule has 2 aromatic rings. The lowest BCUT2D eigenvalue weighted by atomic mass is 10.1. The van der Waals surface area contributed by atoms with Gasteiger partial charge in [0, 0.05) is 23.1 Å². The highest BCUT2D eigenvalue weighted by Crippen LogP contribution is 2.25. The summed E-state index contributed by atoms with van der Waals surface area (Å²) in [7, 11) is 0. The van der Waals surface area contributed by atoms with Gasteiger partial charge in [-0.05, 0) is 37.1 Å². The molecule has 0 atom stereocenters. The van der Waals surface area contributed by atoms with Crippen LogP contribution in [0.2, 0.25) is 0 Å². The van der Waals surface area contributed by atoms with E-state index in [1.165, 1.54) is 16.7 Å². The average Bonchev–Trinajstić information content (AvgIpc) is 2.46. The van der Waals surface area contributed by atoms with E-state index < -0.39 is 0 Å². The predicted molar refractivity (Wildman–Crippen MR) is 84.9 cm³/mol. The number of aryl methyl sites for hydroxylation is 1. The molecule has 2 nitrogen and oxygen atoms in total. The molecule has 0 amide bonds. The molecule has 1 aliphatic heterocycles. The minimum atomic E-state index is 0.687. The maximum atomic E-state index is 5.82. The van der Waals surface area contributed by atoms with Crippen LogP contribution in [-0.4, -0.2) is 18.2 Å². The molecular weight excluding hydrogens is 314 g/mol. The number of hydrogen-bond acceptors (Lipinski definition) is 2. The molecule has 0 radical (unpaired) electrons. The van der Waals surface area contributed by atoms with Crippen molar-refractivity contribution < 1.29 is 4.74 Å². The second-order valence-electron chi connectivity index (χ2n) is 5.31. The second-order valence-corrected chi connectivity index (χ2v) is 6.23. The van der Waals surface area contributed by atoms with Gasteiger partial charge in [0.15, 0.2) is 0 Å². The van der Waals surface area contributed by atoms with E-state index in [0.29, 0.717) is 6.73 Å². The summed E-state index contributed by atoms with van der Waals surface area (Å²) < 4.78 is 6.95. The maximum absolute atomic E-state index is 5.82. The molecule has 0 N–H and O–H groups in total. The lowest BCUT2D eigenvalue weighted by Gasteiger charge is -2.29. The first-order valence-corrected chi connectivity index (χ1v) is 7.69. The lowest BCUT2D eigenvalue weighted by Crippen LogP contribution is -2.33. The number of ether oxygens (including phenoxy) is 1. The van der Waals surface area contributed by atoms with Gasteiger partial charge in [0.1, 0.15) is 12.5 Å². The van der Waals surface area contributed by atoms with Crippen molar-refractivity contribution in [3.63, 3.8) is 0 Å². The lowest BCUT2D eigenvalue weighted by molar-refractivity contribution is 0.0965. The predicted octanol–water partition coefficient (Wildman–Crippen LogP) is 4.15. The Labute approximate surface area is 128 Å². The Morgan fingerprint density at radius 2 is 1.95 bits per heavy atom. The Bertz CT molecular complexity index is 594. The van der Waals surface area contributed by atoms with Crippen LogP contribution in [0.15, 0.2) is 46.9 Å². The van der Waals surface area contributed by atoms with Crippen LogP contribution in [0.4, 0.5) is 0 Å². The van der Waals surface area contributed by atoms with Crippen LogP contribution in [0.25, 0.3) is 0 Å². The van der Waals surface area contributed by atoms with Crippen LogP contribution in [0.1, 0.15) is 16.7 Å². The van der Waals surface area contributed by atoms with Gasteiger partial charge in [-0.1, -0.05) is 45.8 Å². The summed E-state index contributed by atoms with van der Waals surface area (Å²) in [5.41, 5.74) is 3.96. The van der Waals surface area contributed by atoms with Gasteiger partial charge in [0.25, 0.3) is 0 Å². The third-order valence-electron chi connectivity index (χ3n) is 3.64. The van der Waals surface area contributed by atoms with E-state index in [9.17, 15) is 0 Å². The van der Waals surface area contributed by atoms with E-state index in [4.69, 9.17) is 4.74 Å². The number of nitrogens with zero attached hydrogens (tertiary/aromatic N) is 1. The fraction of sp³-hybridized carbons (Fsp3) is 0.294. The summed E-state index contributed by atoms with van der Waals surface area (Å²) in [6.07, 6.45) is 1.05. The Morgan fingerprint density at radius 3 is 2.75 bits per heavy atom. The van der Waals surface area contributed by atoms with E-state index in [0.717, 1.165) is 29.7 Å². The van der Waals surface area contributed by atoms with Crippen molar-refractivity contribution in [2.75, 3.05) is 13.3 Å². The van der Waals surface area contributed by atoms with Gasteiger partial charge < -0.3 is 4.74 Å². The van der Waals surface area contributed by atoms with Gasteiger partial charge in [0.05, 0.1) is 0 Å². The normalized spacial score (nSPS) is 14.7. The van der Waals surface area contributed by atoms with Gasteiger partial charge in [-0.3, -0.25) is 4.90 Å². The number of halogens is 1. The molecular formula is C17H18BrNO. The largest absolute Gasteiger partial charge is 0.478 e. The van der Waals surface area contributed by atoms with E-state index in [2.05, 4.69) is 70.2 Å². The Morgan fingerprint density at radius 1 is 1.15 bits per heavy atom. The first-order chi connectivity index (χ1) is 9.70. The zero-order valence-electron chi connectivity index (χ0n) is 11.6. The highest BCUT2D eigenvalue weighted by Gasteiger charge is 2.16. The van der Waals surface area contributed by atoms with Gasteiger partial charge in [-0.25, -0.2) is 0 Å². The summed E-state index contributed by atoms with van der Waals surface area (Å²) in [4.78, 5) is 2.35. The molecule has 2 aromatic carbocycles. The molecule has 0 unspecified atom stereocenters. The molecule has 20 heavy (non-hydrogen) atoms. The number of rotatable bonds is 3. The summed E-state index contributed by atoms with van der Waals surface area (Å²) in [5, 5.41) is 0. The molecule has 0 spiro atoms. The number of benzene rings is 2. The molecule has 0 saturated heterocycles. The minimum Gasteiger partial charge on any atom is -0.478 e. The molecule has 1 aliphatic rings. The smallest absolute Gasteiger partial charge is 0.142 e. The number of fused-ring (bicyclic) bond motifs is 1. The molecule has 104 valence electrons. The van der Waals surface area contributed by atoms with Gasteiger partial charge in [0.2, 0.25) is 0 Å². The standard InChI is InChI=1S/C17H18BrNO/c1-13-2-7-17-15(10-13)11-19(12-20-17)9-8-14-3-5-16(18)6-4-14/h2-7,10H,8-9,11-12H2,1H3. The van der Waals surface area contributed by atoms with Crippen molar-refractivity contribution in [1.29, 1.82) is 0 Å². The van der Waals surface area contributed by atoms with Crippen molar-refractivity contribution in [3.8, 4) is 5.75 Å². The average molecular weight is 332 g/mol. The van der Waals surface area contributed by atoms with Gasteiger partial charge >= 0.3 is 0 Å². The van der Waals surface area contributed by atoms with Crippen LogP contribution in [0.5, 0.6) is 5.75 Å². The zero-order valence-corrected chi connectivity index (χ0v) is 13.2. The van der Waals surface area contributed by atoms with E-state index in [1.807, 2.05) is 0 Å². The number of hydrogen-bond donors (Lipinski definition) is 0. The van der Waals surface area contributed by atoms with Crippen molar-refractivity contribution in [2.45, 2.75) is 19.9 Å². The molecule has 1 heterocycles. The monoisotopic (exact) mass is 331 g/mol. The van der Waals surface area contributed by atoms with E-state index >= 15 is 0 Å². The van der Waals surface area contributed by atoms with Crippen LogP contribution in [0, 0.1) is 6.92 Å². The van der Waals surface area contributed by atoms with Crippen LogP contribution < -0.4 is 4.74 Å². The van der Waals surface area contributed by atoms with Crippen molar-refractivity contribution >= 4 is 15.9 Å². The molecule has 3 heteroatoms. The van der Waals surface area contributed by atoms with Crippen molar-refractivity contribution in [2.24, 2.45) is 0 Å². The molecule has 3 rings (SSSR count). The summed E-state index contributed by atoms with van der Waals surface area (Å²) in [5.74, 6) is 1.04. The topological polar surface area (TPSA) is 12.5 Å². The molecule has 0 aromatic heterocycles. The third-order valence-corrected chi connectivity index (χ3v) is 4.17. The first-order valence-electron chi connectivity index (χ1n) is 6.90. The first kappa shape index (κ1) is 13.7. The fourth-order valence-electron chi connectivity index (χ4n) is 2.50. The van der Waals surface area contributed by atoms with Crippen LogP contribution in [0.3, 0.4) is 0 Å². The SMILES string of the molecule is Cc1ccc2c(c1)CN(CCc1ccc(Br)cc1)CO2. The zero-order chi connectivity index (χ0) is 13.9. The van der Waals surface area contributed by atoms with Crippen molar-refractivity contribution in [3.05, 3.63) is 63.6 Å². The van der Waals surface area contributed by atoms with E-state index in [1.54, 1.807) is 0 Å². The molecule has 0 aliphatic carbocycles. The molecule has 0 bridgehead atoms. The maximum Gasteiger partial charge on any atom is 0.142 e. The Kier molecular flexibility index (Phi) is 4.08. The third kappa shape index (κ3) is 3.22. The Hall–Kier alpha value is -1.32.